The molecule has 6 nitrogen and oxygen atoms in total. The van der Waals surface area contributed by atoms with Gasteiger partial charge in [-0.3, -0.25) is 4.79 Å². The van der Waals surface area contributed by atoms with Crippen molar-refractivity contribution >= 4 is 31.9 Å². The maximum absolute atomic E-state index is 13.6. The van der Waals surface area contributed by atoms with E-state index in [9.17, 15) is 17.6 Å². The standard InChI is InChI=1S/C12H16BrFN2O4S/c1-3-20-5-4-16(2)12(17)8-6-11(21(15,18)19)10(14)7-9(8)13/h6-7H,3-5H2,1-2H3,(H2,15,18,19). The molecular weight excluding hydrogens is 367 g/mol. The van der Waals surface area contributed by atoms with Gasteiger partial charge in [0.25, 0.3) is 5.91 Å². The molecule has 118 valence electrons. The fourth-order valence-electron chi connectivity index (χ4n) is 1.56. The Morgan fingerprint density at radius 1 is 1.48 bits per heavy atom. The van der Waals surface area contributed by atoms with Gasteiger partial charge < -0.3 is 9.64 Å². The smallest absolute Gasteiger partial charge is 0.254 e. The molecule has 0 heterocycles. The molecule has 0 aliphatic rings. The van der Waals surface area contributed by atoms with Crippen LogP contribution in [-0.4, -0.2) is 46.0 Å². The van der Waals surface area contributed by atoms with Crippen molar-refractivity contribution in [3.63, 3.8) is 0 Å². The second kappa shape index (κ2) is 7.30. The van der Waals surface area contributed by atoms with Crippen LogP contribution in [0.25, 0.3) is 0 Å². The number of rotatable bonds is 6. The summed E-state index contributed by atoms with van der Waals surface area (Å²) in [4.78, 5) is 12.9. The number of sulfonamides is 1. The third kappa shape index (κ3) is 4.73. The zero-order valence-corrected chi connectivity index (χ0v) is 14.0. The van der Waals surface area contributed by atoms with Gasteiger partial charge in [-0.15, -0.1) is 0 Å². The molecule has 0 aliphatic heterocycles. The number of carbonyl (C=O) groups excluding carboxylic acids is 1. The third-order valence-corrected chi connectivity index (χ3v) is 4.26. The summed E-state index contributed by atoms with van der Waals surface area (Å²) in [6, 6.07) is 1.83. The molecule has 0 aliphatic carbocycles. The van der Waals surface area contributed by atoms with Gasteiger partial charge in [-0.2, -0.15) is 0 Å². The predicted octanol–water partition coefficient (Wildman–Crippen LogP) is 1.34. The molecule has 0 saturated carbocycles. The van der Waals surface area contributed by atoms with Gasteiger partial charge in [-0.1, -0.05) is 0 Å². The molecule has 0 spiro atoms. The average molecular weight is 383 g/mol. The summed E-state index contributed by atoms with van der Waals surface area (Å²) >= 11 is 3.04. The molecule has 0 fully saturated rings. The molecule has 1 amide bonds. The van der Waals surface area contributed by atoms with Crippen LogP contribution in [0.2, 0.25) is 0 Å². The summed E-state index contributed by atoms with van der Waals surface area (Å²) in [5.74, 6) is -1.48. The van der Waals surface area contributed by atoms with Crippen LogP contribution in [0.1, 0.15) is 17.3 Å². The van der Waals surface area contributed by atoms with Crippen LogP contribution in [-0.2, 0) is 14.8 Å². The monoisotopic (exact) mass is 382 g/mol. The molecule has 1 aromatic carbocycles. The Hall–Kier alpha value is -1.03. The minimum absolute atomic E-state index is 0.0134. The Kier molecular flexibility index (Phi) is 6.26. The van der Waals surface area contributed by atoms with Crippen LogP contribution in [0.15, 0.2) is 21.5 Å². The SMILES string of the molecule is CCOCCN(C)C(=O)c1cc(S(N)(=O)=O)c(F)cc1Br. The summed E-state index contributed by atoms with van der Waals surface area (Å²) < 4.78 is 41.5. The van der Waals surface area contributed by atoms with Gasteiger partial charge in [0.05, 0.1) is 12.2 Å². The molecule has 1 aromatic rings. The maximum Gasteiger partial charge on any atom is 0.254 e. The lowest BCUT2D eigenvalue weighted by molar-refractivity contribution is 0.0709. The largest absolute Gasteiger partial charge is 0.380 e. The van der Waals surface area contributed by atoms with E-state index in [1.807, 2.05) is 6.92 Å². The molecule has 0 bridgehead atoms. The van der Waals surface area contributed by atoms with Crippen molar-refractivity contribution in [3.8, 4) is 0 Å². The molecule has 0 aromatic heterocycles. The number of benzene rings is 1. The highest BCUT2D eigenvalue weighted by Crippen LogP contribution is 2.24. The van der Waals surface area contributed by atoms with Crippen LogP contribution in [0.4, 0.5) is 4.39 Å². The molecule has 0 unspecified atom stereocenters. The Bertz CT molecular complexity index is 636. The van der Waals surface area contributed by atoms with Crippen molar-refractivity contribution in [2.45, 2.75) is 11.8 Å². The summed E-state index contributed by atoms with van der Waals surface area (Å²) in [7, 11) is -2.71. The van der Waals surface area contributed by atoms with E-state index in [2.05, 4.69) is 15.9 Å². The highest BCUT2D eigenvalue weighted by Gasteiger charge is 2.22. The Labute approximate surface area is 131 Å². The van der Waals surface area contributed by atoms with Crippen molar-refractivity contribution in [1.82, 2.24) is 4.90 Å². The first-order valence-corrected chi connectivity index (χ1v) is 8.37. The topological polar surface area (TPSA) is 89.7 Å². The van der Waals surface area contributed by atoms with Crippen molar-refractivity contribution in [3.05, 3.63) is 28.0 Å². The first-order valence-electron chi connectivity index (χ1n) is 6.03. The van der Waals surface area contributed by atoms with E-state index in [0.29, 0.717) is 19.8 Å². The maximum atomic E-state index is 13.6. The van der Waals surface area contributed by atoms with E-state index in [1.54, 1.807) is 0 Å². The number of primary sulfonamides is 1. The third-order valence-electron chi connectivity index (χ3n) is 2.68. The molecular formula is C12H16BrFN2O4S. The van der Waals surface area contributed by atoms with Crippen LogP contribution >= 0.6 is 15.9 Å². The number of nitrogens with two attached hydrogens (primary N) is 1. The van der Waals surface area contributed by atoms with E-state index in [4.69, 9.17) is 9.88 Å². The number of nitrogens with zero attached hydrogens (tertiary/aromatic N) is 1. The number of halogens is 2. The van der Waals surface area contributed by atoms with E-state index in [0.717, 1.165) is 12.1 Å². The van der Waals surface area contributed by atoms with E-state index in [-0.39, 0.29) is 10.0 Å². The number of hydrogen-bond acceptors (Lipinski definition) is 4. The summed E-state index contributed by atoms with van der Waals surface area (Å²) in [5.41, 5.74) is 0.0134. The lowest BCUT2D eigenvalue weighted by Crippen LogP contribution is -2.30. The van der Waals surface area contributed by atoms with Crippen LogP contribution in [0.5, 0.6) is 0 Å². The lowest BCUT2D eigenvalue weighted by Gasteiger charge is -2.18. The minimum Gasteiger partial charge on any atom is -0.380 e. The molecule has 1 rings (SSSR count). The lowest BCUT2D eigenvalue weighted by atomic mass is 10.2. The minimum atomic E-state index is -4.24. The molecule has 0 atom stereocenters. The van der Waals surface area contributed by atoms with Crippen LogP contribution < -0.4 is 5.14 Å². The Morgan fingerprint density at radius 2 is 2.10 bits per heavy atom. The summed E-state index contributed by atoms with van der Waals surface area (Å²) in [6.45, 7) is 3.02. The quantitative estimate of drug-likeness (QED) is 0.751. The molecule has 9 heteroatoms. The van der Waals surface area contributed by atoms with E-state index < -0.39 is 26.6 Å². The molecule has 21 heavy (non-hydrogen) atoms. The second-order valence-corrected chi connectivity index (χ2v) is 6.62. The number of amides is 1. The Morgan fingerprint density at radius 3 is 2.62 bits per heavy atom. The van der Waals surface area contributed by atoms with Gasteiger partial charge in [-0.25, -0.2) is 17.9 Å². The first-order chi connectivity index (χ1) is 9.68. The van der Waals surface area contributed by atoms with Gasteiger partial charge in [0.15, 0.2) is 0 Å². The van der Waals surface area contributed by atoms with Gasteiger partial charge >= 0.3 is 0 Å². The van der Waals surface area contributed by atoms with Crippen molar-refractivity contribution in [2.75, 3.05) is 26.8 Å². The highest BCUT2D eigenvalue weighted by molar-refractivity contribution is 9.10. The number of ether oxygens (including phenoxy) is 1. The second-order valence-electron chi connectivity index (χ2n) is 4.23. The Balaban J connectivity index is 3.10. The highest BCUT2D eigenvalue weighted by atomic mass is 79.9. The van der Waals surface area contributed by atoms with Crippen molar-refractivity contribution in [2.24, 2.45) is 5.14 Å². The van der Waals surface area contributed by atoms with Gasteiger partial charge in [0, 0.05) is 24.7 Å². The summed E-state index contributed by atoms with van der Waals surface area (Å²) in [5, 5.41) is 4.92. The number of carbonyl (C=O) groups is 1. The zero-order valence-electron chi connectivity index (χ0n) is 11.6. The summed E-state index contributed by atoms with van der Waals surface area (Å²) in [6.07, 6.45) is 0. The van der Waals surface area contributed by atoms with Crippen molar-refractivity contribution in [1.29, 1.82) is 0 Å². The molecule has 0 saturated heterocycles. The van der Waals surface area contributed by atoms with Crippen LogP contribution in [0.3, 0.4) is 0 Å². The van der Waals surface area contributed by atoms with Gasteiger partial charge in [-0.05, 0) is 35.0 Å². The average Bonchev–Trinajstić information content (AvgIpc) is 2.36. The van der Waals surface area contributed by atoms with Crippen LogP contribution in [0, 0.1) is 5.82 Å². The molecule has 0 radical (unpaired) electrons. The van der Waals surface area contributed by atoms with E-state index >= 15 is 0 Å². The van der Waals surface area contributed by atoms with Gasteiger partial charge in [0.1, 0.15) is 10.7 Å². The fourth-order valence-corrected chi connectivity index (χ4v) is 2.66. The number of hydrogen-bond donors (Lipinski definition) is 1. The first kappa shape index (κ1) is 18.0. The molecule has 2 N–H and O–H groups in total. The van der Waals surface area contributed by atoms with Gasteiger partial charge in [0.2, 0.25) is 10.0 Å². The van der Waals surface area contributed by atoms with Crippen molar-refractivity contribution < 1.29 is 22.3 Å². The number of likely N-dealkylation sites (N-methyl/N-ethyl adjacent to an activating group) is 1. The van der Waals surface area contributed by atoms with E-state index in [1.165, 1.54) is 11.9 Å². The predicted molar refractivity (Wildman–Crippen MR) is 78.9 cm³/mol. The normalized spacial score (nSPS) is 11.5. The zero-order chi connectivity index (χ0) is 16.2. The fraction of sp³-hybridized carbons (Fsp3) is 0.417.